The summed E-state index contributed by atoms with van der Waals surface area (Å²) in [5.74, 6) is -0.524. The normalized spacial score (nSPS) is 22.3. The molecule has 2 saturated carbocycles. The fourth-order valence-electron chi connectivity index (χ4n) is 5.46. The molecule has 1 heterocycles. The van der Waals surface area contributed by atoms with E-state index in [1.807, 2.05) is 11.8 Å². The molecule has 34 heavy (non-hydrogen) atoms. The van der Waals surface area contributed by atoms with Crippen molar-refractivity contribution in [2.45, 2.75) is 89.1 Å². The van der Waals surface area contributed by atoms with E-state index in [1.165, 1.54) is 18.6 Å². The SMILES string of the molecule is CCC(=O)C(NC(=O)c1ccc(F)c(C2CCCN(C(=O)CNC3CC3)C2)c1)C1CCCCC1. The lowest BCUT2D eigenvalue weighted by atomic mass is 9.81. The molecule has 2 unspecified atom stereocenters. The molecule has 3 fully saturated rings. The zero-order valence-corrected chi connectivity index (χ0v) is 20.3. The highest BCUT2D eigenvalue weighted by molar-refractivity contribution is 5.98. The van der Waals surface area contributed by atoms with Crippen molar-refractivity contribution in [3.63, 3.8) is 0 Å². The minimum absolute atomic E-state index is 0.0549. The Morgan fingerprint density at radius 2 is 1.82 bits per heavy atom. The number of piperidine rings is 1. The van der Waals surface area contributed by atoms with Crippen LogP contribution >= 0.6 is 0 Å². The molecular weight excluding hydrogens is 433 g/mol. The summed E-state index contributed by atoms with van der Waals surface area (Å²) < 4.78 is 14.8. The number of nitrogens with one attached hydrogen (secondary N) is 2. The van der Waals surface area contributed by atoms with Crippen molar-refractivity contribution in [1.29, 1.82) is 0 Å². The zero-order chi connectivity index (χ0) is 24.1. The van der Waals surface area contributed by atoms with Crippen LogP contribution in [0.25, 0.3) is 0 Å². The summed E-state index contributed by atoms with van der Waals surface area (Å²) in [6, 6.07) is 4.45. The first-order valence-corrected chi connectivity index (χ1v) is 13.1. The summed E-state index contributed by atoms with van der Waals surface area (Å²) in [4.78, 5) is 40.2. The van der Waals surface area contributed by atoms with E-state index in [2.05, 4.69) is 10.6 Å². The van der Waals surface area contributed by atoms with Crippen molar-refractivity contribution >= 4 is 17.6 Å². The molecule has 2 N–H and O–H groups in total. The topological polar surface area (TPSA) is 78.5 Å². The smallest absolute Gasteiger partial charge is 0.251 e. The number of Topliss-reactive ketones (excluding diaryl/α,β-unsaturated/α-hetero) is 1. The second kappa shape index (κ2) is 11.4. The van der Waals surface area contributed by atoms with E-state index in [0.717, 1.165) is 51.4 Å². The van der Waals surface area contributed by atoms with Crippen molar-refractivity contribution in [3.05, 3.63) is 35.1 Å². The second-order valence-corrected chi connectivity index (χ2v) is 10.2. The second-order valence-electron chi connectivity index (χ2n) is 10.2. The van der Waals surface area contributed by atoms with Crippen LogP contribution in [0.2, 0.25) is 0 Å². The van der Waals surface area contributed by atoms with Gasteiger partial charge < -0.3 is 15.5 Å². The molecule has 2 atom stereocenters. The molecule has 6 nitrogen and oxygen atoms in total. The van der Waals surface area contributed by atoms with Gasteiger partial charge in [0.05, 0.1) is 12.6 Å². The number of halogens is 1. The van der Waals surface area contributed by atoms with Crippen LogP contribution in [0.15, 0.2) is 18.2 Å². The lowest BCUT2D eigenvalue weighted by Crippen LogP contribution is -2.46. The largest absolute Gasteiger partial charge is 0.342 e. The van der Waals surface area contributed by atoms with Crippen molar-refractivity contribution in [1.82, 2.24) is 15.5 Å². The Hall–Kier alpha value is -2.28. The Morgan fingerprint density at radius 3 is 2.53 bits per heavy atom. The zero-order valence-electron chi connectivity index (χ0n) is 20.3. The number of hydrogen-bond acceptors (Lipinski definition) is 4. The predicted molar refractivity (Wildman–Crippen MR) is 129 cm³/mol. The minimum atomic E-state index is -0.479. The number of carbonyl (C=O) groups excluding carboxylic acids is 3. The van der Waals surface area contributed by atoms with Crippen molar-refractivity contribution in [3.8, 4) is 0 Å². The Kier molecular flexibility index (Phi) is 8.35. The molecule has 1 aromatic carbocycles. The number of hydrogen-bond donors (Lipinski definition) is 2. The number of benzene rings is 1. The third-order valence-corrected chi connectivity index (χ3v) is 7.69. The van der Waals surface area contributed by atoms with Gasteiger partial charge in [-0.05, 0) is 68.2 Å². The van der Waals surface area contributed by atoms with Crippen LogP contribution in [0.5, 0.6) is 0 Å². The molecule has 1 aliphatic heterocycles. The van der Waals surface area contributed by atoms with Crippen LogP contribution in [0.3, 0.4) is 0 Å². The summed E-state index contributed by atoms with van der Waals surface area (Å²) in [6.45, 7) is 3.31. The van der Waals surface area contributed by atoms with Gasteiger partial charge in [-0.3, -0.25) is 14.4 Å². The van der Waals surface area contributed by atoms with Crippen LogP contribution in [-0.2, 0) is 9.59 Å². The van der Waals surface area contributed by atoms with Crippen molar-refractivity contribution < 1.29 is 18.8 Å². The number of amides is 2. The lowest BCUT2D eigenvalue weighted by Gasteiger charge is -2.33. The Balaban J connectivity index is 1.44. The van der Waals surface area contributed by atoms with Gasteiger partial charge in [0.25, 0.3) is 5.91 Å². The van der Waals surface area contributed by atoms with Gasteiger partial charge in [-0.15, -0.1) is 0 Å². The fourth-order valence-corrected chi connectivity index (χ4v) is 5.46. The maximum absolute atomic E-state index is 14.8. The average molecular weight is 472 g/mol. The van der Waals surface area contributed by atoms with Gasteiger partial charge in [0, 0.05) is 37.0 Å². The summed E-state index contributed by atoms with van der Waals surface area (Å²) in [5, 5.41) is 6.24. The van der Waals surface area contributed by atoms with Gasteiger partial charge in [0.15, 0.2) is 5.78 Å². The summed E-state index contributed by atoms with van der Waals surface area (Å²) in [7, 11) is 0. The van der Waals surface area contributed by atoms with E-state index >= 15 is 0 Å². The molecule has 2 aliphatic carbocycles. The predicted octanol–water partition coefficient (Wildman–Crippen LogP) is 3.94. The summed E-state index contributed by atoms with van der Waals surface area (Å²) >= 11 is 0. The maximum Gasteiger partial charge on any atom is 0.251 e. The number of likely N-dealkylation sites (tertiary alicyclic amines) is 1. The molecule has 0 bridgehead atoms. The Labute approximate surface area is 202 Å². The van der Waals surface area contributed by atoms with Crippen LogP contribution in [0, 0.1) is 11.7 Å². The molecule has 3 aliphatic rings. The molecule has 0 radical (unpaired) electrons. The molecule has 7 heteroatoms. The summed E-state index contributed by atoms with van der Waals surface area (Å²) in [5.41, 5.74) is 0.858. The third-order valence-electron chi connectivity index (χ3n) is 7.69. The van der Waals surface area contributed by atoms with Gasteiger partial charge >= 0.3 is 0 Å². The van der Waals surface area contributed by atoms with E-state index in [-0.39, 0.29) is 35.3 Å². The van der Waals surface area contributed by atoms with Gasteiger partial charge in [-0.1, -0.05) is 26.2 Å². The third kappa shape index (κ3) is 6.23. The monoisotopic (exact) mass is 471 g/mol. The maximum atomic E-state index is 14.8. The molecule has 4 rings (SSSR count). The van der Waals surface area contributed by atoms with E-state index < -0.39 is 6.04 Å². The summed E-state index contributed by atoms with van der Waals surface area (Å²) in [6.07, 6.45) is 9.48. The quantitative estimate of drug-likeness (QED) is 0.572. The molecule has 2 amide bonds. The van der Waals surface area contributed by atoms with Gasteiger partial charge in [0.2, 0.25) is 5.91 Å². The molecule has 186 valence electrons. The highest BCUT2D eigenvalue weighted by Gasteiger charge is 2.31. The standard InChI is InChI=1S/C27H38FN3O3/c1-2-24(32)26(18-7-4-3-5-8-18)30-27(34)19-10-13-23(28)22(15-19)20-9-6-14-31(17-20)25(33)16-29-21-11-12-21/h10,13,15,18,20-21,26,29H,2-9,11-12,14,16-17H2,1H3,(H,30,34). The first kappa shape index (κ1) is 24.8. The lowest BCUT2D eigenvalue weighted by molar-refractivity contribution is -0.131. The van der Waals surface area contributed by atoms with Crippen LogP contribution < -0.4 is 10.6 Å². The first-order chi connectivity index (χ1) is 16.5. The molecule has 1 saturated heterocycles. The molecule has 0 spiro atoms. The number of rotatable bonds is 9. The van der Waals surface area contributed by atoms with E-state index in [1.54, 1.807) is 6.07 Å². The van der Waals surface area contributed by atoms with Crippen LogP contribution in [0.4, 0.5) is 4.39 Å². The van der Waals surface area contributed by atoms with E-state index in [0.29, 0.717) is 43.2 Å². The Bertz CT molecular complexity index is 895. The van der Waals surface area contributed by atoms with E-state index in [4.69, 9.17) is 0 Å². The first-order valence-electron chi connectivity index (χ1n) is 13.1. The van der Waals surface area contributed by atoms with Gasteiger partial charge in [0.1, 0.15) is 5.82 Å². The molecule has 1 aromatic rings. The van der Waals surface area contributed by atoms with Crippen molar-refractivity contribution in [2.24, 2.45) is 5.92 Å². The van der Waals surface area contributed by atoms with Gasteiger partial charge in [-0.25, -0.2) is 4.39 Å². The minimum Gasteiger partial charge on any atom is -0.342 e. The number of ketones is 1. The highest BCUT2D eigenvalue weighted by Crippen LogP contribution is 2.31. The molecular formula is C27H38FN3O3. The van der Waals surface area contributed by atoms with Crippen LogP contribution in [0.1, 0.15) is 93.0 Å². The number of carbonyl (C=O) groups is 3. The average Bonchev–Trinajstić information content (AvgIpc) is 3.70. The molecule has 0 aromatic heterocycles. The van der Waals surface area contributed by atoms with Crippen LogP contribution in [-0.4, -0.2) is 54.2 Å². The highest BCUT2D eigenvalue weighted by atomic mass is 19.1. The number of nitrogens with zero attached hydrogens (tertiary/aromatic N) is 1. The van der Waals surface area contributed by atoms with Gasteiger partial charge in [-0.2, -0.15) is 0 Å². The van der Waals surface area contributed by atoms with Crippen molar-refractivity contribution in [2.75, 3.05) is 19.6 Å². The fraction of sp³-hybridized carbons (Fsp3) is 0.667. The Morgan fingerprint density at radius 1 is 1.06 bits per heavy atom. The van der Waals surface area contributed by atoms with E-state index in [9.17, 15) is 18.8 Å².